The van der Waals surface area contributed by atoms with Crippen LogP contribution >= 0.6 is 11.8 Å². The lowest BCUT2D eigenvalue weighted by molar-refractivity contribution is -0.120. The molecule has 0 bridgehead atoms. The molecule has 6 heteroatoms. The molecular weight excluding hydrogens is 358 g/mol. The van der Waals surface area contributed by atoms with Crippen LogP contribution in [0.25, 0.3) is 11.3 Å². The minimum atomic E-state index is 0.0413. The zero-order valence-electron chi connectivity index (χ0n) is 15.5. The number of ether oxygens (including phenoxy) is 1. The number of H-pyrrole nitrogens is 1. The van der Waals surface area contributed by atoms with Crippen molar-refractivity contribution in [3.8, 4) is 17.0 Å². The minimum absolute atomic E-state index is 0.0413. The molecule has 1 aromatic heterocycles. The maximum atomic E-state index is 12.0. The summed E-state index contributed by atoms with van der Waals surface area (Å²) in [6, 6.07) is 15.9. The van der Waals surface area contributed by atoms with Gasteiger partial charge in [0.15, 0.2) is 5.16 Å². The summed E-state index contributed by atoms with van der Waals surface area (Å²) in [6.45, 7) is 2.63. The molecule has 2 N–H and O–H groups in total. The SMILES string of the molecule is COc1ccc(-c2cnc(SCCNC(=O)Cc3cccc(C)c3)[nH]2)cc1. The predicted molar refractivity (Wildman–Crippen MR) is 109 cm³/mol. The second kappa shape index (κ2) is 9.28. The van der Waals surface area contributed by atoms with Crippen LogP contribution in [-0.2, 0) is 11.2 Å². The molecule has 140 valence electrons. The van der Waals surface area contributed by atoms with Gasteiger partial charge < -0.3 is 15.0 Å². The van der Waals surface area contributed by atoms with E-state index in [1.807, 2.05) is 61.7 Å². The molecule has 1 amide bonds. The summed E-state index contributed by atoms with van der Waals surface area (Å²) in [4.78, 5) is 19.7. The smallest absolute Gasteiger partial charge is 0.224 e. The molecule has 27 heavy (non-hydrogen) atoms. The summed E-state index contributed by atoms with van der Waals surface area (Å²) >= 11 is 1.59. The topological polar surface area (TPSA) is 67.0 Å². The summed E-state index contributed by atoms with van der Waals surface area (Å²) in [5, 5.41) is 3.80. The Balaban J connectivity index is 1.43. The van der Waals surface area contributed by atoms with Crippen molar-refractivity contribution in [1.29, 1.82) is 0 Å². The summed E-state index contributed by atoms with van der Waals surface area (Å²) < 4.78 is 5.17. The van der Waals surface area contributed by atoms with E-state index in [0.717, 1.165) is 33.5 Å². The molecule has 0 radical (unpaired) electrons. The Morgan fingerprint density at radius 2 is 2.04 bits per heavy atom. The monoisotopic (exact) mass is 381 g/mol. The summed E-state index contributed by atoms with van der Waals surface area (Å²) in [5.74, 6) is 1.63. The first-order valence-corrected chi connectivity index (χ1v) is 9.77. The number of carbonyl (C=O) groups is 1. The molecule has 0 saturated carbocycles. The van der Waals surface area contributed by atoms with E-state index in [0.29, 0.717) is 13.0 Å². The van der Waals surface area contributed by atoms with E-state index in [9.17, 15) is 4.79 Å². The number of thioether (sulfide) groups is 1. The van der Waals surface area contributed by atoms with Gasteiger partial charge in [-0.05, 0) is 42.3 Å². The van der Waals surface area contributed by atoms with Crippen molar-refractivity contribution in [1.82, 2.24) is 15.3 Å². The van der Waals surface area contributed by atoms with Gasteiger partial charge in [-0.15, -0.1) is 0 Å². The van der Waals surface area contributed by atoms with Gasteiger partial charge in [0.25, 0.3) is 0 Å². The van der Waals surface area contributed by atoms with Gasteiger partial charge in [0.2, 0.25) is 5.91 Å². The third kappa shape index (κ3) is 5.62. The highest BCUT2D eigenvalue weighted by atomic mass is 32.2. The molecule has 2 aromatic carbocycles. The molecule has 0 unspecified atom stereocenters. The van der Waals surface area contributed by atoms with Crippen LogP contribution in [0.5, 0.6) is 5.75 Å². The molecule has 0 fully saturated rings. The van der Waals surface area contributed by atoms with E-state index in [1.54, 1.807) is 18.9 Å². The quantitative estimate of drug-likeness (QED) is 0.459. The number of carbonyl (C=O) groups excluding carboxylic acids is 1. The second-order valence-corrected chi connectivity index (χ2v) is 7.28. The van der Waals surface area contributed by atoms with Gasteiger partial charge >= 0.3 is 0 Å². The fraction of sp³-hybridized carbons (Fsp3) is 0.238. The van der Waals surface area contributed by atoms with Crippen LogP contribution in [-0.4, -0.2) is 35.3 Å². The molecule has 0 aliphatic carbocycles. The number of hydrogen-bond donors (Lipinski definition) is 2. The number of amides is 1. The number of aromatic amines is 1. The van der Waals surface area contributed by atoms with Crippen molar-refractivity contribution in [2.24, 2.45) is 0 Å². The Kier molecular flexibility index (Phi) is 6.54. The Morgan fingerprint density at radius 3 is 2.78 bits per heavy atom. The van der Waals surface area contributed by atoms with Crippen LogP contribution in [0.2, 0.25) is 0 Å². The Morgan fingerprint density at radius 1 is 1.22 bits per heavy atom. The third-order valence-corrected chi connectivity index (χ3v) is 4.95. The first-order chi connectivity index (χ1) is 13.1. The Hall–Kier alpha value is -2.73. The number of aromatic nitrogens is 2. The lowest BCUT2D eigenvalue weighted by Gasteiger charge is -2.05. The zero-order chi connectivity index (χ0) is 19.1. The zero-order valence-corrected chi connectivity index (χ0v) is 16.3. The van der Waals surface area contributed by atoms with Gasteiger partial charge in [0.1, 0.15) is 5.75 Å². The number of hydrogen-bond acceptors (Lipinski definition) is 4. The molecule has 5 nitrogen and oxygen atoms in total. The van der Waals surface area contributed by atoms with E-state index in [2.05, 4.69) is 15.3 Å². The van der Waals surface area contributed by atoms with Crippen molar-refractivity contribution < 1.29 is 9.53 Å². The maximum Gasteiger partial charge on any atom is 0.224 e. The van der Waals surface area contributed by atoms with E-state index >= 15 is 0 Å². The van der Waals surface area contributed by atoms with Gasteiger partial charge in [-0.1, -0.05) is 41.6 Å². The number of nitrogens with one attached hydrogen (secondary N) is 2. The summed E-state index contributed by atoms with van der Waals surface area (Å²) in [7, 11) is 1.65. The van der Waals surface area contributed by atoms with Crippen LogP contribution in [0, 0.1) is 6.92 Å². The van der Waals surface area contributed by atoms with Crippen LogP contribution in [0.4, 0.5) is 0 Å². The van der Waals surface area contributed by atoms with Gasteiger partial charge in [0.05, 0.1) is 25.4 Å². The Bertz CT molecular complexity index is 890. The molecular formula is C21H23N3O2S. The highest BCUT2D eigenvalue weighted by molar-refractivity contribution is 7.99. The first kappa shape index (κ1) is 19.0. The number of imidazole rings is 1. The van der Waals surface area contributed by atoms with Crippen molar-refractivity contribution in [2.75, 3.05) is 19.4 Å². The number of benzene rings is 2. The average Bonchev–Trinajstić information content (AvgIpc) is 3.14. The molecule has 3 aromatic rings. The fourth-order valence-electron chi connectivity index (χ4n) is 2.70. The van der Waals surface area contributed by atoms with Crippen molar-refractivity contribution >= 4 is 17.7 Å². The molecule has 0 atom stereocenters. The van der Waals surface area contributed by atoms with E-state index in [-0.39, 0.29) is 5.91 Å². The molecule has 1 heterocycles. The van der Waals surface area contributed by atoms with Crippen LogP contribution in [0.3, 0.4) is 0 Å². The predicted octanol–water partition coefficient (Wildman–Crippen LogP) is 3.84. The first-order valence-electron chi connectivity index (χ1n) is 8.78. The number of nitrogens with zero attached hydrogens (tertiary/aromatic N) is 1. The molecule has 0 saturated heterocycles. The summed E-state index contributed by atoms with van der Waals surface area (Å²) in [6.07, 6.45) is 2.23. The van der Waals surface area contributed by atoms with Crippen molar-refractivity contribution in [2.45, 2.75) is 18.5 Å². The summed E-state index contributed by atoms with van der Waals surface area (Å²) in [5.41, 5.74) is 4.22. The number of aryl methyl sites for hydroxylation is 1. The van der Waals surface area contributed by atoms with E-state index < -0.39 is 0 Å². The minimum Gasteiger partial charge on any atom is -0.497 e. The van der Waals surface area contributed by atoms with Crippen LogP contribution < -0.4 is 10.1 Å². The highest BCUT2D eigenvalue weighted by Crippen LogP contribution is 2.23. The van der Waals surface area contributed by atoms with Gasteiger partial charge in [-0.3, -0.25) is 4.79 Å². The average molecular weight is 382 g/mol. The number of methoxy groups -OCH3 is 1. The lowest BCUT2D eigenvalue weighted by Crippen LogP contribution is -2.27. The van der Waals surface area contributed by atoms with Crippen molar-refractivity contribution in [3.63, 3.8) is 0 Å². The maximum absolute atomic E-state index is 12.0. The largest absolute Gasteiger partial charge is 0.497 e. The second-order valence-electron chi connectivity index (χ2n) is 6.19. The third-order valence-electron chi connectivity index (χ3n) is 4.06. The lowest BCUT2D eigenvalue weighted by atomic mass is 10.1. The van der Waals surface area contributed by atoms with Crippen LogP contribution in [0.15, 0.2) is 59.9 Å². The van der Waals surface area contributed by atoms with Crippen LogP contribution in [0.1, 0.15) is 11.1 Å². The van der Waals surface area contributed by atoms with E-state index in [1.165, 1.54) is 5.56 Å². The van der Waals surface area contributed by atoms with Gasteiger partial charge in [-0.2, -0.15) is 0 Å². The van der Waals surface area contributed by atoms with Crippen molar-refractivity contribution in [3.05, 3.63) is 65.9 Å². The normalized spacial score (nSPS) is 10.6. The van der Waals surface area contributed by atoms with Gasteiger partial charge in [0, 0.05) is 12.3 Å². The van der Waals surface area contributed by atoms with Gasteiger partial charge in [-0.25, -0.2) is 4.98 Å². The fourth-order valence-corrected chi connectivity index (χ4v) is 3.41. The molecule has 0 aliphatic rings. The van der Waals surface area contributed by atoms with E-state index in [4.69, 9.17) is 4.74 Å². The number of rotatable bonds is 8. The molecule has 3 rings (SSSR count). The molecule has 0 aliphatic heterocycles. The highest BCUT2D eigenvalue weighted by Gasteiger charge is 2.06. The standard InChI is InChI=1S/C21H23N3O2S/c1-15-4-3-5-16(12-15)13-20(25)22-10-11-27-21-23-14-19(24-21)17-6-8-18(26-2)9-7-17/h3-9,12,14H,10-11,13H2,1-2H3,(H,22,25)(H,23,24). The Labute approximate surface area is 163 Å². The molecule has 0 spiro atoms.